The monoisotopic (exact) mass is 368 g/mol. The van der Waals surface area contributed by atoms with Crippen molar-refractivity contribution in [2.24, 2.45) is 7.05 Å². The summed E-state index contributed by atoms with van der Waals surface area (Å²) < 4.78 is 24.5. The number of hydrogen-bond donors (Lipinski definition) is 0. The number of fused-ring (bicyclic) bond motifs is 3. The Labute approximate surface area is 152 Å². The average molecular weight is 368 g/mol. The number of nitrogens with zero attached hydrogens (tertiary/aromatic N) is 6. The molecular formula is C18H17FN6O2. The number of hydrogen-bond acceptors (Lipinski definition) is 5. The van der Waals surface area contributed by atoms with Crippen LogP contribution in [0.2, 0.25) is 0 Å². The molecule has 8 nitrogen and oxygen atoms in total. The number of imidazole rings is 1. The fourth-order valence-corrected chi connectivity index (χ4v) is 3.84. The lowest BCUT2D eigenvalue weighted by Gasteiger charge is -2.09. The molecule has 1 saturated heterocycles. The molecular weight excluding hydrogens is 351 g/mol. The Morgan fingerprint density at radius 1 is 1.33 bits per heavy atom. The first kappa shape index (κ1) is 16.1. The number of benzene rings is 1. The molecule has 0 saturated carbocycles. The molecule has 0 bridgehead atoms. The van der Waals surface area contributed by atoms with E-state index in [1.165, 1.54) is 10.6 Å². The van der Waals surface area contributed by atoms with Crippen LogP contribution in [0.1, 0.15) is 25.0 Å². The summed E-state index contributed by atoms with van der Waals surface area (Å²) in [7, 11) is 1.60. The zero-order valence-electron chi connectivity index (χ0n) is 14.8. The first-order chi connectivity index (χ1) is 13.1. The van der Waals surface area contributed by atoms with Crippen molar-refractivity contribution >= 4 is 16.6 Å². The molecule has 0 amide bonds. The lowest BCUT2D eigenvalue weighted by Crippen LogP contribution is -2.21. The van der Waals surface area contributed by atoms with Gasteiger partial charge in [-0.2, -0.15) is 4.68 Å². The van der Waals surface area contributed by atoms with Gasteiger partial charge >= 0.3 is 0 Å². The van der Waals surface area contributed by atoms with Crippen LogP contribution in [0.4, 0.5) is 4.39 Å². The van der Waals surface area contributed by atoms with Gasteiger partial charge in [-0.05, 0) is 25.5 Å². The molecule has 5 rings (SSSR count). The number of aromatic nitrogens is 6. The van der Waals surface area contributed by atoms with E-state index in [-0.39, 0.29) is 17.4 Å². The number of ether oxygens (including phenoxy) is 1. The summed E-state index contributed by atoms with van der Waals surface area (Å²) >= 11 is 0. The van der Waals surface area contributed by atoms with Crippen LogP contribution in [-0.4, -0.2) is 41.7 Å². The van der Waals surface area contributed by atoms with Crippen LogP contribution >= 0.6 is 0 Å². The Morgan fingerprint density at radius 3 is 2.96 bits per heavy atom. The van der Waals surface area contributed by atoms with Crippen molar-refractivity contribution in [1.29, 1.82) is 0 Å². The van der Waals surface area contributed by atoms with Gasteiger partial charge < -0.3 is 4.74 Å². The van der Waals surface area contributed by atoms with E-state index in [9.17, 15) is 9.18 Å². The van der Waals surface area contributed by atoms with E-state index >= 15 is 0 Å². The van der Waals surface area contributed by atoms with Crippen LogP contribution in [0.5, 0.6) is 0 Å². The fraction of sp³-hybridized carbons (Fsp3) is 0.333. The normalized spacial score (nSPS) is 20.1. The smallest absolute Gasteiger partial charge is 0.264 e. The van der Waals surface area contributed by atoms with E-state index in [1.54, 1.807) is 34.6 Å². The molecule has 138 valence electrons. The van der Waals surface area contributed by atoms with Crippen LogP contribution in [-0.2, 0) is 11.8 Å². The Hall–Kier alpha value is -3.07. The van der Waals surface area contributed by atoms with Crippen molar-refractivity contribution in [3.63, 3.8) is 0 Å². The first-order valence-electron chi connectivity index (χ1n) is 8.74. The second-order valence-corrected chi connectivity index (χ2v) is 6.82. The van der Waals surface area contributed by atoms with E-state index < -0.39 is 11.4 Å². The van der Waals surface area contributed by atoms with Crippen molar-refractivity contribution < 1.29 is 9.13 Å². The highest BCUT2D eigenvalue weighted by atomic mass is 19.1. The SMILES string of the molecule is CC1OCCC1c1cn(-c2ncn3c4cccc(F)c4c(=O)n(C)c23)nn1. The fourth-order valence-electron chi connectivity index (χ4n) is 3.84. The van der Waals surface area contributed by atoms with Crippen molar-refractivity contribution in [1.82, 2.24) is 28.9 Å². The van der Waals surface area contributed by atoms with E-state index in [0.29, 0.717) is 23.6 Å². The first-order valence-corrected chi connectivity index (χ1v) is 8.74. The molecule has 0 radical (unpaired) electrons. The van der Waals surface area contributed by atoms with Crippen LogP contribution in [0.15, 0.2) is 35.5 Å². The molecule has 4 aromatic rings. The Morgan fingerprint density at radius 2 is 2.19 bits per heavy atom. The zero-order chi connectivity index (χ0) is 18.7. The Kier molecular flexibility index (Phi) is 3.41. The standard InChI is InChI=1S/C18H17FN6O2/c1-10-11(6-7-27-10)13-8-25(22-21-13)16-17-23(2)18(26)15-12(19)4-3-5-14(15)24(17)9-20-16/h3-5,8-11H,6-7H2,1-2H3. The molecule has 1 aliphatic rings. The molecule has 1 aliphatic heterocycles. The van der Waals surface area contributed by atoms with Gasteiger partial charge in [-0.3, -0.25) is 13.8 Å². The summed E-state index contributed by atoms with van der Waals surface area (Å²) in [5.74, 6) is 0.0981. The topological polar surface area (TPSA) is 79.2 Å². The van der Waals surface area contributed by atoms with Gasteiger partial charge in [-0.15, -0.1) is 5.10 Å². The molecule has 3 aromatic heterocycles. The maximum atomic E-state index is 14.2. The van der Waals surface area contributed by atoms with E-state index in [1.807, 2.05) is 13.1 Å². The highest BCUT2D eigenvalue weighted by molar-refractivity contribution is 5.82. The highest BCUT2D eigenvalue weighted by Crippen LogP contribution is 2.30. The molecule has 1 aromatic carbocycles. The summed E-state index contributed by atoms with van der Waals surface area (Å²) in [5.41, 5.74) is 1.39. The molecule has 27 heavy (non-hydrogen) atoms. The summed E-state index contributed by atoms with van der Waals surface area (Å²) in [5, 5.41) is 8.51. The van der Waals surface area contributed by atoms with Gasteiger partial charge in [0, 0.05) is 19.6 Å². The van der Waals surface area contributed by atoms with Crippen LogP contribution in [0, 0.1) is 5.82 Å². The van der Waals surface area contributed by atoms with Crippen LogP contribution < -0.4 is 5.56 Å². The molecule has 9 heteroatoms. The van der Waals surface area contributed by atoms with Gasteiger partial charge in [-0.25, -0.2) is 9.37 Å². The maximum Gasteiger partial charge on any atom is 0.264 e. The average Bonchev–Trinajstić information content (AvgIpc) is 3.37. The minimum Gasteiger partial charge on any atom is -0.378 e. The van der Waals surface area contributed by atoms with E-state index in [4.69, 9.17) is 4.74 Å². The third-order valence-corrected chi connectivity index (χ3v) is 5.30. The second-order valence-electron chi connectivity index (χ2n) is 6.82. The van der Waals surface area contributed by atoms with Gasteiger partial charge in [0.25, 0.3) is 5.56 Å². The molecule has 1 fully saturated rings. The second kappa shape index (κ2) is 5.71. The summed E-state index contributed by atoms with van der Waals surface area (Å²) in [6, 6.07) is 4.55. The number of aryl methyl sites for hydroxylation is 1. The lowest BCUT2D eigenvalue weighted by atomic mass is 10.00. The van der Waals surface area contributed by atoms with Crippen LogP contribution in [0.3, 0.4) is 0 Å². The van der Waals surface area contributed by atoms with Crippen LogP contribution in [0.25, 0.3) is 22.4 Å². The van der Waals surface area contributed by atoms with Crippen molar-refractivity contribution in [2.75, 3.05) is 6.61 Å². The predicted octanol–water partition coefficient (Wildman–Crippen LogP) is 1.80. The Balaban J connectivity index is 1.73. The molecule has 4 heterocycles. The van der Waals surface area contributed by atoms with Crippen molar-refractivity contribution in [2.45, 2.75) is 25.4 Å². The quantitative estimate of drug-likeness (QED) is 0.539. The third-order valence-electron chi connectivity index (χ3n) is 5.30. The lowest BCUT2D eigenvalue weighted by molar-refractivity contribution is 0.118. The predicted molar refractivity (Wildman–Crippen MR) is 95.6 cm³/mol. The molecule has 0 N–H and O–H groups in total. The van der Waals surface area contributed by atoms with E-state index in [2.05, 4.69) is 15.3 Å². The summed E-state index contributed by atoms with van der Waals surface area (Å²) in [4.78, 5) is 17.1. The third kappa shape index (κ3) is 2.24. The maximum absolute atomic E-state index is 14.2. The zero-order valence-corrected chi connectivity index (χ0v) is 14.8. The van der Waals surface area contributed by atoms with Crippen molar-refractivity contribution in [3.05, 3.63) is 52.6 Å². The molecule has 2 unspecified atom stereocenters. The minimum absolute atomic E-state index is 0.0349. The highest BCUT2D eigenvalue weighted by Gasteiger charge is 2.29. The van der Waals surface area contributed by atoms with Crippen molar-refractivity contribution in [3.8, 4) is 5.82 Å². The summed E-state index contributed by atoms with van der Waals surface area (Å²) in [6.07, 6.45) is 4.37. The minimum atomic E-state index is -0.552. The van der Waals surface area contributed by atoms with Gasteiger partial charge in [0.05, 0.1) is 28.9 Å². The molecule has 2 atom stereocenters. The molecule has 0 spiro atoms. The van der Waals surface area contributed by atoms with E-state index in [0.717, 1.165) is 12.1 Å². The van der Waals surface area contributed by atoms with Gasteiger partial charge in [0.1, 0.15) is 12.1 Å². The Bertz CT molecular complexity index is 1240. The summed E-state index contributed by atoms with van der Waals surface area (Å²) in [6.45, 7) is 2.73. The van der Waals surface area contributed by atoms with Gasteiger partial charge in [0.15, 0.2) is 11.5 Å². The van der Waals surface area contributed by atoms with Gasteiger partial charge in [-0.1, -0.05) is 11.3 Å². The molecule has 0 aliphatic carbocycles. The number of rotatable bonds is 2. The number of halogens is 1. The largest absolute Gasteiger partial charge is 0.378 e. The van der Waals surface area contributed by atoms with Gasteiger partial charge in [0.2, 0.25) is 0 Å².